The molecule has 0 aliphatic heterocycles. The number of nitrogen functional groups attached to an aromatic ring is 1. The average molecular weight is 294 g/mol. The summed E-state index contributed by atoms with van der Waals surface area (Å²) in [6, 6.07) is 4.94. The van der Waals surface area contributed by atoms with Crippen molar-refractivity contribution in [3.05, 3.63) is 41.7 Å². The fraction of sp³-hybridized carbons (Fsp3) is 0.308. The molecule has 0 unspecified atom stereocenters. The molecule has 108 valence electrons. The Kier molecular flexibility index (Phi) is 3.82. The molecule has 0 aliphatic carbocycles. The van der Waals surface area contributed by atoms with E-state index in [0.717, 1.165) is 11.1 Å². The van der Waals surface area contributed by atoms with Gasteiger partial charge in [-0.1, -0.05) is 6.07 Å². The fourth-order valence-electron chi connectivity index (χ4n) is 1.97. The van der Waals surface area contributed by atoms with Crippen LogP contribution in [0.4, 0.5) is 5.69 Å². The van der Waals surface area contributed by atoms with Gasteiger partial charge in [-0.05, 0) is 24.6 Å². The van der Waals surface area contributed by atoms with Crippen molar-refractivity contribution in [1.29, 1.82) is 0 Å². The van der Waals surface area contributed by atoms with E-state index in [2.05, 4.69) is 5.10 Å². The van der Waals surface area contributed by atoms with Crippen LogP contribution in [0.15, 0.2) is 35.5 Å². The SMILES string of the molecule is Cc1ccc(S(=O)(=O)N(C)Cc2cnn(C)c2)c(N)c1. The highest BCUT2D eigenvalue weighted by atomic mass is 32.2. The zero-order chi connectivity index (χ0) is 14.9. The number of aryl methyl sites for hydroxylation is 2. The van der Waals surface area contributed by atoms with Gasteiger partial charge in [-0.3, -0.25) is 4.68 Å². The molecule has 6 nitrogen and oxygen atoms in total. The number of nitrogens with zero attached hydrogens (tertiary/aromatic N) is 3. The van der Waals surface area contributed by atoms with Crippen molar-refractivity contribution in [2.24, 2.45) is 7.05 Å². The molecule has 0 saturated heterocycles. The lowest BCUT2D eigenvalue weighted by Crippen LogP contribution is -2.27. The van der Waals surface area contributed by atoms with Gasteiger partial charge >= 0.3 is 0 Å². The van der Waals surface area contributed by atoms with Gasteiger partial charge in [0.05, 0.1) is 11.9 Å². The van der Waals surface area contributed by atoms with Crippen LogP contribution >= 0.6 is 0 Å². The van der Waals surface area contributed by atoms with E-state index in [1.807, 2.05) is 6.92 Å². The second-order valence-corrected chi connectivity index (χ2v) is 6.84. The van der Waals surface area contributed by atoms with Gasteiger partial charge in [0, 0.05) is 32.4 Å². The lowest BCUT2D eigenvalue weighted by molar-refractivity contribution is 0.467. The smallest absolute Gasteiger partial charge is 0.245 e. The first kappa shape index (κ1) is 14.5. The summed E-state index contributed by atoms with van der Waals surface area (Å²) < 4.78 is 27.9. The van der Waals surface area contributed by atoms with Crippen LogP contribution < -0.4 is 5.73 Å². The first-order chi connectivity index (χ1) is 9.30. The molecule has 1 aromatic carbocycles. The van der Waals surface area contributed by atoms with Crippen molar-refractivity contribution < 1.29 is 8.42 Å². The van der Waals surface area contributed by atoms with Gasteiger partial charge in [-0.15, -0.1) is 0 Å². The van der Waals surface area contributed by atoms with E-state index in [1.54, 1.807) is 42.3 Å². The zero-order valence-corrected chi connectivity index (χ0v) is 12.6. The summed E-state index contributed by atoms with van der Waals surface area (Å²) in [5.74, 6) is 0. The second kappa shape index (κ2) is 5.26. The lowest BCUT2D eigenvalue weighted by atomic mass is 10.2. The molecule has 2 rings (SSSR count). The molecule has 0 radical (unpaired) electrons. The summed E-state index contributed by atoms with van der Waals surface area (Å²) in [5, 5.41) is 4.02. The van der Waals surface area contributed by atoms with Crippen molar-refractivity contribution in [2.45, 2.75) is 18.4 Å². The van der Waals surface area contributed by atoms with Crippen molar-refractivity contribution in [3.8, 4) is 0 Å². The first-order valence-electron chi connectivity index (χ1n) is 6.10. The Morgan fingerprint density at radius 1 is 1.40 bits per heavy atom. The highest BCUT2D eigenvalue weighted by Gasteiger charge is 2.23. The number of hydrogen-bond acceptors (Lipinski definition) is 4. The highest BCUT2D eigenvalue weighted by Crippen LogP contribution is 2.23. The third-order valence-electron chi connectivity index (χ3n) is 3.02. The zero-order valence-electron chi connectivity index (χ0n) is 11.7. The van der Waals surface area contributed by atoms with E-state index >= 15 is 0 Å². The average Bonchev–Trinajstić information content (AvgIpc) is 2.74. The van der Waals surface area contributed by atoms with Crippen LogP contribution in [0.2, 0.25) is 0 Å². The third kappa shape index (κ3) is 2.83. The molecular weight excluding hydrogens is 276 g/mol. The Bertz CT molecular complexity index is 722. The lowest BCUT2D eigenvalue weighted by Gasteiger charge is -2.17. The van der Waals surface area contributed by atoms with E-state index in [0.29, 0.717) is 0 Å². The Morgan fingerprint density at radius 2 is 2.10 bits per heavy atom. The van der Waals surface area contributed by atoms with Gasteiger partial charge in [-0.25, -0.2) is 8.42 Å². The van der Waals surface area contributed by atoms with E-state index < -0.39 is 10.0 Å². The molecule has 0 fully saturated rings. The Balaban J connectivity index is 2.29. The minimum Gasteiger partial charge on any atom is -0.398 e. The Morgan fingerprint density at radius 3 is 2.65 bits per heavy atom. The maximum atomic E-state index is 12.5. The van der Waals surface area contributed by atoms with Crippen LogP contribution in [0.3, 0.4) is 0 Å². The van der Waals surface area contributed by atoms with Gasteiger partial charge in [0.2, 0.25) is 10.0 Å². The highest BCUT2D eigenvalue weighted by molar-refractivity contribution is 7.89. The van der Waals surface area contributed by atoms with E-state index in [1.165, 1.54) is 11.4 Å². The normalized spacial score (nSPS) is 12.0. The molecule has 0 aliphatic rings. The molecule has 2 N–H and O–H groups in total. The summed E-state index contributed by atoms with van der Waals surface area (Å²) in [5.41, 5.74) is 7.84. The predicted molar refractivity (Wildman–Crippen MR) is 77.5 cm³/mol. The summed E-state index contributed by atoms with van der Waals surface area (Å²) >= 11 is 0. The third-order valence-corrected chi connectivity index (χ3v) is 4.89. The van der Waals surface area contributed by atoms with Gasteiger partial charge in [0.15, 0.2) is 0 Å². The molecule has 0 atom stereocenters. The maximum absolute atomic E-state index is 12.5. The van der Waals surface area contributed by atoms with Gasteiger partial charge in [0.1, 0.15) is 4.90 Å². The predicted octanol–water partition coefficient (Wildman–Crippen LogP) is 1.13. The van der Waals surface area contributed by atoms with Crippen molar-refractivity contribution in [1.82, 2.24) is 14.1 Å². The quantitative estimate of drug-likeness (QED) is 0.857. The van der Waals surface area contributed by atoms with Crippen molar-refractivity contribution in [3.63, 3.8) is 0 Å². The molecule has 20 heavy (non-hydrogen) atoms. The Labute approximate surface area is 118 Å². The second-order valence-electron chi connectivity index (χ2n) is 4.82. The molecule has 0 saturated carbocycles. The topological polar surface area (TPSA) is 81.2 Å². The fourth-order valence-corrected chi connectivity index (χ4v) is 3.22. The van der Waals surface area contributed by atoms with Crippen LogP contribution in [0.25, 0.3) is 0 Å². The van der Waals surface area contributed by atoms with E-state index in [9.17, 15) is 8.42 Å². The molecule has 0 bridgehead atoms. The van der Waals surface area contributed by atoms with E-state index in [4.69, 9.17) is 5.73 Å². The summed E-state index contributed by atoms with van der Waals surface area (Å²) in [6.45, 7) is 2.12. The number of nitrogens with two attached hydrogens (primary N) is 1. The van der Waals surface area contributed by atoms with Crippen LogP contribution in [-0.2, 0) is 23.6 Å². The molecule has 7 heteroatoms. The molecule has 1 aromatic heterocycles. The van der Waals surface area contributed by atoms with Crippen LogP contribution in [-0.4, -0.2) is 29.6 Å². The summed E-state index contributed by atoms with van der Waals surface area (Å²) in [7, 11) is -0.287. The maximum Gasteiger partial charge on any atom is 0.245 e. The minimum atomic E-state index is -3.60. The number of anilines is 1. The van der Waals surface area contributed by atoms with Crippen LogP contribution in [0, 0.1) is 6.92 Å². The van der Waals surface area contributed by atoms with E-state index in [-0.39, 0.29) is 17.1 Å². The van der Waals surface area contributed by atoms with Gasteiger partial charge in [0.25, 0.3) is 0 Å². The molecule has 0 spiro atoms. The number of aromatic nitrogens is 2. The van der Waals surface area contributed by atoms with Gasteiger partial charge in [-0.2, -0.15) is 9.40 Å². The first-order valence-corrected chi connectivity index (χ1v) is 7.54. The van der Waals surface area contributed by atoms with Crippen molar-refractivity contribution in [2.75, 3.05) is 12.8 Å². The molecule has 0 amide bonds. The minimum absolute atomic E-state index is 0.134. The summed E-state index contributed by atoms with van der Waals surface area (Å²) in [6.07, 6.45) is 3.43. The standard InChI is InChI=1S/C13H18N4O2S/c1-10-4-5-13(12(14)6-10)20(18,19)17(3)9-11-7-15-16(2)8-11/h4-8H,9,14H2,1-3H3. The number of rotatable bonds is 4. The van der Waals surface area contributed by atoms with Crippen molar-refractivity contribution >= 4 is 15.7 Å². The largest absolute Gasteiger partial charge is 0.398 e. The monoisotopic (exact) mass is 294 g/mol. The van der Waals surface area contributed by atoms with Crippen LogP contribution in [0.5, 0.6) is 0 Å². The number of benzene rings is 1. The molecule has 2 aromatic rings. The Hall–Kier alpha value is -1.86. The van der Waals surface area contributed by atoms with Crippen LogP contribution in [0.1, 0.15) is 11.1 Å². The number of hydrogen-bond donors (Lipinski definition) is 1. The summed E-state index contributed by atoms with van der Waals surface area (Å²) in [4.78, 5) is 0.134. The number of sulfonamides is 1. The molecule has 1 heterocycles. The molecular formula is C13H18N4O2S. The van der Waals surface area contributed by atoms with Gasteiger partial charge < -0.3 is 5.73 Å².